The van der Waals surface area contributed by atoms with Crippen LogP contribution >= 0.6 is 12.4 Å². The van der Waals surface area contributed by atoms with Crippen molar-refractivity contribution >= 4 is 29.2 Å². The van der Waals surface area contributed by atoms with Gasteiger partial charge in [0, 0.05) is 36.3 Å². The van der Waals surface area contributed by atoms with Gasteiger partial charge < -0.3 is 14.8 Å². The normalized spacial score (nSPS) is 28.0. The van der Waals surface area contributed by atoms with Crippen molar-refractivity contribution in [3.8, 4) is 0 Å². The smallest absolute Gasteiger partial charge is 0.253 e. The van der Waals surface area contributed by atoms with Crippen LogP contribution in [0.15, 0.2) is 24.4 Å². The minimum Gasteiger partial charge on any atom is -0.349 e. The minimum absolute atomic E-state index is 0. The number of piperidine rings is 1. The molecule has 1 N–H and O–H groups in total. The van der Waals surface area contributed by atoms with Gasteiger partial charge in [0.05, 0.1) is 11.1 Å². The fourth-order valence-corrected chi connectivity index (χ4v) is 5.23. The molecule has 4 nitrogen and oxygen atoms in total. The van der Waals surface area contributed by atoms with Crippen molar-refractivity contribution in [1.82, 2.24) is 14.8 Å². The number of carbonyl (C=O) groups excluding carboxylic acids is 1. The first-order valence-corrected chi connectivity index (χ1v) is 9.34. The third-order valence-corrected chi connectivity index (χ3v) is 6.51. The van der Waals surface area contributed by atoms with Crippen LogP contribution in [0.3, 0.4) is 0 Å². The Hall–Kier alpha value is -1.52. The minimum atomic E-state index is 0. The number of aryl methyl sites for hydroxylation is 2. The molecule has 2 fully saturated rings. The highest BCUT2D eigenvalue weighted by Gasteiger charge is 2.39. The van der Waals surface area contributed by atoms with Crippen LogP contribution in [0.4, 0.5) is 0 Å². The number of nitrogens with zero attached hydrogens (tertiary/aromatic N) is 2. The van der Waals surface area contributed by atoms with Crippen molar-refractivity contribution in [2.24, 2.45) is 0 Å². The number of rotatable bonds is 2. The Morgan fingerprint density at radius 2 is 1.96 bits per heavy atom. The largest absolute Gasteiger partial charge is 0.349 e. The first kappa shape index (κ1) is 16.9. The monoisotopic (exact) mass is 359 g/mol. The molecule has 2 saturated heterocycles. The molecule has 5 rings (SSSR count). The first-order valence-electron chi connectivity index (χ1n) is 9.34. The molecule has 1 aromatic heterocycles. The number of amides is 1. The molecular formula is C20H26ClN3O. The molecule has 0 saturated carbocycles. The Morgan fingerprint density at radius 1 is 1.20 bits per heavy atom. The van der Waals surface area contributed by atoms with Crippen LogP contribution in [-0.4, -0.2) is 40.5 Å². The summed E-state index contributed by atoms with van der Waals surface area (Å²) in [6.07, 6.45) is 9.14. The van der Waals surface area contributed by atoms with E-state index in [1.165, 1.54) is 30.3 Å². The maximum Gasteiger partial charge on any atom is 0.253 e. The van der Waals surface area contributed by atoms with Gasteiger partial charge in [0.1, 0.15) is 0 Å². The molecule has 1 amide bonds. The molecule has 2 atom stereocenters. The third-order valence-electron chi connectivity index (χ3n) is 6.51. The first-order chi connectivity index (χ1) is 11.7. The van der Waals surface area contributed by atoms with Crippen molar-refractivity contribution in [2.45, 2.75) is 63.2 Å². The molecule has 1 aromatic carbocycles. The van der Waals surface area contributed by atoms with Gasteiger partial charge >= 0.3 is 0 Å². The van der Waals surface area contributed by atoms with E-state index in [-0.39, 0.29) is 18.3 Å². The molecule has 134 valence electrons. The molecule has 0 radical (unpaired) electrons. The van der Waals surface area contributed by atoms with E-state index in [1.807, 2.05) is 0 Å². The van der Waals surface area contributed by atoms with E-state index in [0.717, 1.165) is 36.8 Å². The number of nitrogens with one attached hydrogen (secondary N) is 1. The predicted octanol–water partition coefficient (Wildman–Crippen LogP) is 3.36. The number of fused-ring (bicyclic) bond motifs is 2. The van der Waals surface area contributed by atoms with E-state index in [9.17, 15) is 4.79 Å². The van der Waals surface area contributed by atoms with E-state index < -0.39 is 0 Å². The summed E-state index contributed by atoms with van der Waals surface area (Å²) in [5, 5.41) is 4.47. The van der Waals surface area contributed by atoms with Gasteiger partial charge in [0.15, 0.2) is 0 Å². The summed E-state index contributed by atoms with van der Waals surface area (Å²) < 4.78 is 2.28. The lowest BCUT2D eigenvalue weighted by Gasteiger charge is -2.36. The Bertz CT molecular complexity index is 801. The Balaban J connectivity index is 0.00000157. The zero-order chi connectivity index (χ0) is 16.3. The van der Waals surface area contributed by atoms with Gasteiger partial charge in [-0.2, -0.15) is 0 Å². The van der Waals surface area contributed by atoms with Gasteiger partial charge in [-0.25, -0.2) is 0 Å². The highest BCUT2D eigenvalue weighted by Crippen LogP contribution is 2.35. The van der Waals surface area contributed by atoms with Crippen molar-refractivity contribution in [1.29, 1.82) is 0 Å². The lowest BCUT2D eigenvalue weighted by atomic mass is 9.97. The zero-order valence-electron chi connectivity index (χ0n) is 14.7. The fraction of sp³-hybridized carbons (Fsp3) is 0.550. The maximum atomic E-state index is 13.0. The van der Waals surface area contributed by atoms with Crippen molar-refractivity contribution in [3.05, 3.63) is 35.5 Å². The summed E-state index contributed by atoms with van der Waals surface area (Å²) >= 11 is 0. The zero-order valence-corrected chi connectivity index (χ0v) is 15.5. The molecule has 2 bridgehead atoms. The average molecular weight is 360 g/mol. The van der Waals surface area contributed by atoms with Gasteiger partial charge in [-0.1, -0.05) is 18.2 Å². The second-order valence-corrected chi connectivity index (χ2v) is 7.85. The van der Waals surface area contributed by atoms with Crippen LogP contribution in [0, 0.1) is 0 Å². The second-order valence-electron chi connectivity index (χ2n) is 7.85. The summed E-state index contributed by atoms with van der Waals surface area (Å²) in [4.78, 5) is 15.5. The summed E-state index contributed by atoms with van der Waals surface area (Å²) in [6.45, 7) is 1.03. The van der Waals surface area contributed by atoms with Crippen molar-refractivity contribution in [2.75, 3.05) is 7.05 Å². The number of benzene rings is 1. The molecule has 4 heterocycles. The molecule has 5 heteroatoms. The summed E-state index contributed by atoms with van der Waals surface area (Å²) in [7, 11) is 2.24. The average Bonchev–Trinajstić information content (AvgIpc) is 3.04. The topological polar surface area (TPSA) is 37.3 Å². The lowest BCUT2D eigenvalue weighted by molar-refractivity contribution is 0.0884. The maximum absolute atomic E-state index is 13.0. The Morgan fingerprint density at radius 3 is 2.72 bits per heavy atom. The molecule has 3 aliphatic rings. The molecule has 0 spiro atoms. The molecule has 2 aromatic rings. The second kappa shape index (κ2) is 6.33. The van der Waals surface area contributed by atoms with Crippen LogP contribution in [0.5, 0.6) is 0 Å². The molecule has 0 aliphatic carbocycles. The van der Waals surface area contributed by atoms with Crippen LogP contribution < -0.4 is 5.32 Å². The van der Waals surface area contributed by atoms with Crippen LogP contribution in [0.25, 0.3) is 10.9 Å². The summed E-state index contributed by atoms with van der Waals surface area (Å²) in [5.74, 6) is 0.117. The number of aromatic nitrogens is 1. The van der Waals surface area contributed by atoms with E-state index >= 15 is 0 Å². The highest BCUT2D eigenvalue weighted by molar-refractivity contribution is 6.07. The number of halogens is 1. The van der Waals surface area contributed by atoms with E-state index in [0.29, 0.717) is 18.1 Å². The Kier molecular flexibility index (Phi) is 4.28. The SMILES string of the molecule is CN1C2CCC1CC(NC(=O)c1cn3c4c(cccc14)CCC3)C2.Cl. The third kappa shape index (κ3) is 2.67. The van der Waals surface area contributed by atoms with Crippen molar-refractivity contribution in [3.63, 3.8) is 0 Å². The predicted molar refractivity (Wildman–Crippen MR) is 103 cm³/mol. The van der Waals surface area contributed by atoms with Gasteiger partial charge in [-0.05, 0) is 51.1 Å². The van der Waals surface area contributed by atoms with Crippen LogP contribution in [0.2, 0.25) is 0 Å². The molecule has 3 aliphatic heterocycles. The molecular weight excluding hydrogens is 334 g/mol. The standard InChI is InChI=1S/C20H25N3O.ClH/c1-22-15-7-8-16(22)11-14(10-15)21-20(24)18-12-23-9-3-5-13-4-2-6-17(18)19(13)23;/h2,4,6,12,14-16H,3,5,7-11H2,1H3,(H,21,24);1H. The number of para-hydroxylation sites is 1. The van der Waals surface area contributed by atoms with Gasteiger partial charge in [-0.3, -0.25) is 4.79 Å². The number of carbonyl (C=O) groups is 1. The van der Waals surface area contributed by atoms with E-state index in [4.69, 9.17) is 0 Å². The lowest BCUT2D eigenvalue weighted by Crippen LogP contribution is -2.48. The highest BCUT2D eigenvalue weighted by atomic mass is 35.5. The van der Waals surface area contributed by atoms with E-state index in [1.54, 1.807) is 0 Å². The number of hydrogen-bond acceptors (Lipinski definition) is 2. The van der Waals surface area contributed by atoms with Gasteiger partial charge in [-0.15, -0.1) is 12.4 Å². The quantitative estimate of drug-likeness (QED) is 0.892. The summed E-state index contributed by atoms with van der Waals surface area (Å²) in [5.41, 5.74) is 3.52. The molecule has 2 unspecified atom stereocenters. The summed E-state index contributed by atoms with van der Waals surface area (Å²) in [6, 6.07) is 8.05. The number of hydrogen-bond donors (Lipinski definition) is 1. The van der Waals surface area contributed by atoms with Crippen LogP contribution in [0.1, 0.15) is 48.0 Å². The van der Waals surface area contributed by atoms with Gasteiger partial charge in [0.2, 0.25) is 0 Å². The molecule has 25 heavy (non-hydrogen) atoms. The van der Waals surface area contributed by atoms with Crippen LogP contribution in [-0.2, 0) is 13.0 Å². The van der Waals surface area contributed by atoms with E-state index in [2.05, 4.69) is 46.2 Å². The van der Waals surface area contributed by atoms with Gasteiger partial charge in [0.25, 0.3) is 5.91 Å². The van der Waals surface area contributed by atoms with Crippen molar-refractivity contribution < 1.29 is 4.79 Å². The fourth-order valence-electron chi connectivity index (χ4n) is 5.23. The Labute approximate surface area is 155 Å².